The molecule has 6 heteroatoms. The van der Waals surface area contributed by atoms with Crippen molar-refractivity contribution in [1.82, 2.24) is 9.97 Å². The Morgan fingerprint density at radius 1 is 1.00 bits per heavy atom. The van der Waals surface area contributed by atoms with Crippen LogP contribution in [0.3, 0.4) is 0 Å². The molecule has 4 heterocycles. The van der Waals surface area contributed by atoms with Gasteiger partial charge in [0.15, 0.2) is 6.04 Å². The fourth-order valence-corrected chi connectivity index (χ4v) is 9.00. The lowest BCUT2D eigenvalue weighted by molar-refractivity contribution is -0.556. The van der Waals surface area contributed by atoms with Crippen molar-refractivity contribution in [2.24, 2.45) is 4.99 Å². The monoisotopic (exact) mass is 707 g/mol. The number of benzene rings is 2. The van der Waals surface area contributed by atoms with Crippen molar-refractivity contribution in [3.63, 3.8) is 0 Å². The van der Waals surface area contributed by atoms with Gasteiger partial charge < -0.3 is 4.42 Å². The number of rotatable bonds is 13. The highest BCUT2D eigenvalue weighted by Gasteiger charge is 2.39. The van der Waals surface area contributed by atoms with Crippen molar-refractivity contribution in [3.05, 3.63) is 131 Å². The topological polar surface area (TPSA) is 54.3 Å². The van der Waals surface area contributed by atoms with Crippen LogP contribution < -0.4 is 0 Å². The van der Waals surface area contributed by atoms with E-state index in [1.54, 1.807) is 0 Å². The molecule has 0 saturated heterocycles. The number of fused-ring (bicyclic) bond motifs is 4. The molecule has 2 atom stereocenters. The first-order chi connectivity index (χ1) is 25.0. The Morgan fingerprint density at radius 3 is 2.46 bits per heavy atom. The van der Waals surface area contributed by atoms with E-state index in [2.05, 4.69) is 131 Å². The number of pyridine rings is 2. The number of hydrogen-bond donors (Lipinski definition) is 0. The lowest BCUT2D eigenvalue weighted by atomic mass is 9.79. The highest BCUT2D eigenvalue weighted by molar-refractivity contribution is 6.76. The Labute approximate surface area is 311 Å². The normalized spacial score (nSPS) is 16.7. The fraction of sp³-hybridized carbons (Fsp3) is 0.348. The second-order valence-electron chi connectivity index (χ2n) is 15.5. The van der Waals surface area contributed by atoms with Crippen molar-refractivity contribution >= 4 is 41.6 Å². The highest BCUT2D eigenvalue weighted by Crippen LogP contribution is 2.39. The minimum absolute atomic E-state index is 0.173. The van der Waals surface area contributed by atoms with Crippen molar-refractivity contribution in [2.45, 2.75) is 91.0 Å². The van der Waals surface area contributed by atoms with Gasteiger partial charge in [0, 0.05) is 58.0 Å². The number of aliphatic imine (C=N–C) groups is 1. The van der Waals surface area contributed by atoms with Gasteiger partial charge in [-0.15, -0.1) is 0 Å². The van der Waals surface area contributed by atoms with Gasteiger partial charge in [0.25, 0.3) is 0 Å². The molecule has 0 amide bonds. The summed E-state index contributed by atoms with van der Waals surface area (Å²) in [6, 6.07) is 21.2. The maximum absolute atomic E-state index is 6.80. The van der Waals surface area contributed by atoms with E-state index in [1.165, 1.54) is 28.4 Å². The summed E-state index contributed by atoms with van der Waals surface area (Å²) in [4.78, 5) is 14.7. The van der Waals surface area contributed by atoms with Crippen molar-refractivity contribution in [3.8, 4) is 11.3 Å². The quantitative estimate of drug-likeness (QED) is 0.0530. The van der Waals surface area contributed by atoms with Gasteiger partial charge in [0.1, 0.15) is 12.1 Å². The summed E-state index contributed by atoms with van der Waals surface area (Å²) < 4.78 is 9.38. The molecule has 1 aliphatic rings. The van der Waals surface area contributed by atoms with Crippen LogP contribution in [-0.4, -0.2) is 53.7 Å². The van der Waals surface area contributed by atoms with E-state index in [-0.39, 0.29) is 12.0 Å². The summed E-state index contributed by atoms with van der Waals surface area (Å²) in [7, 11) is 0.604. The highest BCUT2D eigenvalue weighted by atomic mass is 28.3. The molecule has 1 aliphatic heterocycles. The van der Waals surface area contributed by atoms with Gasteiger partial charge in [-0.3, -0.25) is 9.98 Å². The molecule has 5 nitrogen and oxygen atoms in total. The summed E-state index contributed by atoms with van der Waals surface area (Å²) in [5.41, 5.74) is 13.7. The molecule has 0 spiro atoms. The lowest BCUT2D eigenvalue weighted by Crippen LogP contribution is -2.42. The first-order valence-electron chi connectivity index (χ1n) is 18.9. The van der Waals surface area contributed by atoms with E-state index >= 15 is 0 Å². The fourth-order valence-electron chi connectivity index (χ4n) is 8.08. The lowest BCUT2D eigenvalue weighted by Gasteiger charge is -2.31. The van der Waals surface area contributed by atoms with E-state index in [1.807, 2.05) is 20.0 Å². The summed E-state index contributed by atoms with van der Waals surface area (Å²) in [5, 5.41) is 2.07. The van der Waals surface area contributed by atoms with Crippen molar-refractivity contribution in [2.75, 3.05) is 13.6 Å². The molecular formula is C46H55N4OSi+. The molecule has 2 unspecified atom stereocenters. The standard InChI is InChI=1S/C46H55N4OSi/c1-11-14-15-20-39(47-7)44-33(21-23-36-34-18-16-17-19-35(34)41(12-2)50(42(36)13-3)27-28-52(8,9)10)22-24-37-38-25-26-40(49-46(38)51-45(37)44)43-30(4)29-31(5)48-32(43)6/h12-13,15-20,22,24-26,29,36,42H,2-3,11,14,21,23,27-28H2,1,4-10H3/q+1/b20-15-,47-39?. The molecule has 3 aromatic heterocycles. The average Bonchev–Trinajstić information content (AvgIpc) is 3.48. The van der Waals surface area contributed by atoms with Crippen LogP contribution in [-0.2, 0) is 6.42 Å². The van der Waals surface area contributed by atoms with Gasteiger partial charge in [-0.2, -0.15) is 0 Å². The Kier molecular flexibility index (Phi) is 11.1. The second kappa shape index (κ2) is 15.5. The molecule has 0 radical (unpaired) electrons. The summed E-state index contributed by atoms with van der Waals surface area (Å²) in [6.07, 6.45) is 12.5. The van der Waals surface area contributed by atoms with Gasteiger partial charge in [0.05, 0.1) is 25.4 Å². The van der Waals surface area contributed by atoms with Crippen LogP contribution in [0.15, 0.2) is 101 Å². The van der Waals surface area contributed by atoms with Crippen LogP contribution in [0.2, 0.25) is 25.7 Å². The van der Waals surface area contributed by atoms with Crippen molar-refractivity contribution < 1.29 is 8.99 Å². The average molecular weight is 708 g/mol. The SMILES string of the molecule is C=CC1=[N+](CC[Si](C)(C)C)C(C=C)C(CCc2ccc3c(oc4nc(-c5c(C)cc(C)nc5C)ccc43)c2C(/C=C\CCC)=NC)c2ccccc21. The maximum Gasteiger partial charge on any atom is 0.227 e. The Balaban J connectivity index is 1.46. The molecule has 0 saturated carbocycles. The minimum atomic E-state index is -1.28. The van der Waals surface area contributed by atoms with E-state index in [0.29, 0.717) is 5.71 Å². The van der Waals surface area contributed by atoms with Crippen LogP contribution >= 0.6 is 0 Å². The third-order valence-corrected chi connectivity index (χ3v) is 12.3. The molecule has 6 rings (SSSR count). The molecule has 5 aromatic rings. The zero-order valence-electron chi connectivity index (χ0n) is 32.5. The molecule has 0 N–H and O–H groups in total. The predicted octanol–water partition coefficient (Wildman–Crippen LogP) is 11.4. The summed E-state index contributed by atoms with van der Waals surface area (Å²) in [6.45, 7) is 25.5. The third kappa shape index (κ3) is 7.31. The van der Waals surface area contributed by atoms with Gasteiger partial charge in [0.2, 0.25) is 11.4 Å². The van der Waals surface area contributed by atoms with Gasteiger partial charge in [-0.05, 0) is 93.1 Å². The van der Waals surface area contributed by atoms with Crippen molar-refractivity contribution in [1.29, 1.82) is 0 Å². The van der Waals surface area contributed by atoms with E-state index in [9.17, 15) is 0 Å². The van der Waals surface area contributed by atoms with Gasteiger partial charge in [-0.1, -0.05) is 82.6 Å². The van der Waals surface area contributed by atoms with Crippen LogP contribution in [0.4, 0.5) is 0 Å². The first kappa shape index (κ1) is 37.1. The number of allylic oxidation sites excluding steroid dienone is 3. The number of furan rings is 1. The summed E-state index contributed by atoms with van der Waals surface area (Å²) in [5.74, 6) is 0.273. The third-order valence-electron chi connectivity index (χ3n) is 10.6. The van der Waals surface area contributed by atoms with Crippen LogP contribution in [0.5, 0.6) is 0 Å². The molecule has 268 valence electrons. The number of aryl methyl sites for hydroxylation is 4. The largest absolute Gasteiger partial charge is 0.437 e. The van der Waals surface area contributed by atoms with E-state index < -0.39 is 8.07 Å². The Hall–Kier alpha value is -4.68. The van der Waals surface area contributed by atoms with Crippen LogP contribution in [0, 0.1) is 20.8 Å². The van der Waals surface area contributed by atoms with Gasteiger partial charge in [-0.25, -0.2) is 9.56 Å². The second-order valence-corrected chi connectivity index (χ2v) is 21.1. The molecule has 0 aliphatic carbocycles. The zero-order valence-corrected chi connectivity index (χ0v) is 33.5. The molecule has 0 fully saturated rings. The molecule has 2 aromatic carbocycles. The number of hydrogen-bond acceptors (Lipinski definition) is 4. The van der Waals surface area contributed by atoms with E-state index in [0.717, 1.165) is 88.1 Å². The number of aromatic nitrogens is 2. The molecular weight excluding hydrogens is 653 g/mol. The predicted molar refractivity (Wildman–Crippen MR) is 225 cm³/mol. The Bertz CT molecular complexity index is 2220. The van der Waals surface area contributed by atoms with Crippen LogP contribution in [0.25, 0.3) is 33.3 Å². The number of unbranched alkanes of at least 4 members (excludes halogenated alkanes) is 1. The molecule has 52 heavy (non-hydrogen) atoms. The Morgan fingerprint density at radius 2 is 1.77 bits per heavy atom. The summed E-state index contributed by atoms with van der Waals surface area (Å²) >= 11 is 0. The minimum Gasteiger partial charge on any atom is -0.437 e. The zero-order chi connectivity index (χ0) is 37.2. The van der Waals surface area contributed by atoms with Crippen LogP contribution in [0.1, 0.15) is 71.3 Å². The maximum atomic E-state index is 6.80. The van der Waals surface area contributed by atoms with E-state index in [4.69, 9.17) is 19.4 Å². The smallest absolute Gasteiger partial charge is 0.227 e. The van der Waals surface area contributed by atoms with Gasteiger partial charge >= 0.3 is 0 Å². The first-order valence-corrected chi connectivity index (χ1v) is 22.6. The number of nitrogens with zero attached hydrogens (tertiary/aromatic N) is 4. The molecule has 0 bridgehead atoms.